The van der Waals surface area contributed by atoms with E-state index in [-0.39, 0.29) is 20.8 Å². The Morgan fingerprint density at radius 2 is 1.55 bits per heavy atom. The van der Waals surface area contributed by atoms with Crippen LogP contribution in [0.5, 0.6) is 0 Å². The monoisotopic (exact) mass is 367 g/mol. The maximum absolute atomic E-state index is 12.9. The predicted octanol–water partition coefficient (Wildman–Crippen LogP) is 5.92. The molecule has 2 rings (SSSR count). The Hall–Kier alpha value is -1.43. The first-order valence-corrected chi connectivity index (χ1v) is 6.95. The molecule has 1 N–H and O–H groups in total. The van der Waals surface area contributed by atoms with Crippen LogP contribution in [0.3, 0.4) is 0 Å². The van der Waals surface area contributed by atoms with E-state index in [9.17, 15) is 18.0 Å². The molecule has 2 aromatic rings. The zero-order chi connectivity index (χ0) is 16.5. The molecule has 0 aromatic heterocycles. The van der Waals surface area contributed by atoms with Gasteiger partial charge in [0.2, 0.25) is 0 Å². The van der Waals surface area contributed by atoms with Crippen molar-refractivity contribution in [2.45, 2.75) is 6.18 Å². The molecule has 116 valence electrons. The van der Waals surface area contributed by atoms with Gasteiger partial charge in [-0.05, 0) is 24.3 Å². The maximum atomic E-state index is 12.9. The third-order valence-corrected chi connectivity index (χ3v) is 3.54. The van der Waals surface area contributed by atoms with Crippen molar-refractivity contribution in [1.82, 2.24) is 0 Å². The lowest BCUT2D eigenvalue weighted by Crippen LogP contribution is -2.19. The van der Waals surface area contributed by atoms with Gasteiger partial charge in [0.05, 0.1) is 26.9 Å². The van der Waals surface area contributed by atoms with E-state index in [4.69, 9.17) is 34.8 Å². The molecule has 0 fully saturated rings. The van der Waals surface area contributed by atoms with Gasteiger partial charge < -0.3 is 5.32 Å². The number of hydrogen-bond donors (Lipinski definition) is 1. The summed E-state index contributed by atoms with van der Waals surface area (Å²) in [5, 5.41) is 2.56. The zero-order valence-corrected chi connectivity index (χ0v) is 12.9. The molecule has 0 aliphatic rings. The van der Waals surface area contributed by atoms with Crippen LogP contribution in [0.15, 0.2) is 36.4 Å². The van der Waals surface area contributed by atoms with Crippen LogP contribution in [-0.2, 0) is 6.18 Å². The molecule has 2 nitrogen and oxygen atoms in total. The lowest BCUT2D eigenvalue weighted by atomic mass is 10.1. The number of carbonyl (C=O) groups excluding carboxylic acids is 1. The third kappa shape index (κ3) is 3.66. The minimum atomic E-state index is -4.65. The van der Waals surface area contributed by atoms with Gasteiger partial charge in [0.1, 0.15) is 0 Å². The molecule has 2 aromatic carbocycles. The molecule has 0 bridgehead atoms. The Kier molecular flexibility index (Phi) is 4.90. The fourth-order valence-corrected chi connectivity index (χ4v) is 2.68. The molecule has 0 atom stereocenters. The summed E-state index contributed by atoms with van der Waals surface area (Å²) in [6.45, 7) is 0. The number of nitrogens with one attached hydrogen (secondary N) is 1. The van der Waals surface area contributed by atoms with Gasteiger partial charge in [0, 0.05) is 5.02 Å². The third-order valence-electron chi connectivity index (χ3n) is 2.72. The minimum absolute atomic E-state index is 0.00490. The van der Waals surface area contributed by atoms with E-state index in [1.807, 2.05) is 0 Å². The number of anilines is 1. The van der Waals surface area contributed by atoms with Gasteiger partial charge in [-0.15, -0.1) is 0 Å². The Balaban J connectivity index is 2.40. The van der Waals surface area contributed by atoms with E-state index in [0.29, 0.717) is 0 Å². The highest BCUT2D eigenvalue weighted by Gasteiger charge is 2.35. The number of alkyl halides is 3. The van der Waals surface area contributed by atoms with Gasteiger partial charge in [-0.3, -0.25) is 4.79 Å². The highest BCUT2D eigenvalue weighted by Crippen LogP contribution is 2.35. The number of carbonyl (C=O) groups is 1. The quantitative estimate of drug-likeness (QED) is 0.700. The maximum Gasteiger partial charge on any atom is 0.417 e. The van der Waals surface area contributed by atoms with Crippen LogP contribution in [-0.4, -0.2) is 5.91 Å². The van der Waals surface area contributed by atoms with Crippen LogP contribution in [0.2, 0.25) is 15.1 Å². The molecule has 0 aliphatic heterocycles. The molecule has 8 heteroatoms. The van der Waals surface area contributed by atoms with Gasteiger partial charge in [0.25, 0.3) is 5.91 Å². The second-order valence-electron chi connectivity index (χ2n) is 4.24. The Labute approximate surface area is 138 Å². The molecule has 0 unspecified atom stereocenters. The molecule has 0 aliphatic carbocycles. The number of amides is 1. The average Bonchev–Trinajstić information content (AvgIpc) is 2.41. The summed E-state index contributed by atoms with van der Waals surface area (Å²) >= 11 is 17.5. The number of halogens is 6. The summed E-state index contributed by atoms with van der Waals surface area (Å²) in [4.78, 5) is 12.1. The smallest absolute Gasteiger partial charge is 0.319 e. The van der Waals surface area contributed by atoms with E-state index < -0.39 is 23.2 Å². The molecule has 0 heterocycles. The van der Waals surface area contributed by atoms with E-state index >= 15 is 0 Å². The van der Waals surface area contributed by atoms with Crippen molar-refractivity contribution in [3.63, 3.8) is 0 Å². The number of benzene rings is 2. The molecular formula is C14H7Cl3F3NO. The SMILES string of the molecule is O=C(Nc1c(Cl)cc(Cl)cc1Cl)c1ccccc1C(F)(F)F. The number of hydrogen-bond acceptors (Lipinski definition) is 1. The average molecular weight is 369 g/mol. The molecular weight excluding hydrogens is 362 g/mol. The van der Waals surface area contributed by atoms with Crippen molar-refractivity contribution in [2.24, 2.45) is 0 Å². The standard InChI is InChI=1S/C14H7Cl3F3NO/c15-7-5-10(16)12(11(17)6-7)21-13(22)8-3-1-2-4-9(8)14(18,19)20/h1-6H,(H,21,22). The van der Waals surface area contributed by atoms with Crippen molar-refractivity contribution >= 4 is 46.4 Å². The van der Waals surface area contributed by atoms with Crippen molar-refractivity contribution in [1.29, 1.82) is 0 Å². The van der Waals surface area contributed by atoms with Crippen LogP contribution in [0.1, 0.15) is 15.9 Å². The van der Waals surface area contributed by atoms with Crippen LogP contribution in [0.25, 0.3) is 0 Å². The Bertz CT molecular complexity index is 709. The van der Waals surface area contributed by atoms with Crippen molar-refractivity contribution in [3.05, 3.63) is 62.6 Å². The lowest BCUT2D eigenvalue weighted by Gasteiger charge is -2.14. The van der Waals surface area contributed by atoms with Crippen LogP contribution in [0, 0.1) is 0 Å². The highest BCUT2D eigenvalue weighted by molar-refractivity contribution is 6.42. The Morgan fingerprint density at radius 3 is 2.09 bits per heavy atom. The minimum Gasteiger partial charge on any atom is -0.319 e. The van der Waals surface area contributed by atoms with Gasteiger partial charge >= 0.3 is 6.18 Å². The van der Waals surface area contributed by atoms with Gasteiger partial charge in [-0.2, -0.15) is 13.2 Å². The summed E-state index contributed by atoms with van der Waals surface area (Å²) in [5.74, 6) is -0.973. The van der Waals surface area contributed by atoms with E-state index in [1.54, 1.807) is 0 Å². The van der Waals surface area contributed by atoms with Gasteiger partial charge in [-0.25, -0.2) is 0 Å². The molecule has 1 amide bonds. The normalized spacial score (nSPS) is 11.4. The predicted molar refractivity (Wildman–Crippen MR) is 80.9 cm³/mol. The van der Waals surface area contributed by atoms with Crippen LogP contribution in [0.4, 0.5) is 18.9 Å². The second kappa shape index (κ2) is 6.36. The summed E-state index contributed by atoms with van der Waals surface area (Å²) in [6, 6.07) is 7.05. The second-order valence-corrected chi connectivity index (χ2v) is 5.49. The first-order chi connectivity index (χ1) is 10.2. The number of rotatable bonds is 2. The zero-order valence-electron chi connectivity index (χ0n) is 10.6. The summed E-state index contributed by atoms with van der Waals surface area (Å²) in [6.07, 6.45) is -4.65. The van der Waals surface area contributed by atoms with E-state index in [0.717, 1.165) is 12.1 Å². The molecule has 22 heavy (non-hydrogen) atoms. The van der Waals surface area contributed by atoms with Crippen molar-refractivity contribution in [2.75, 3.05) is 5.32 Å². The van der Waals surface area contributed by atoms with E-state index in [1.165, 1.54) is 24.3 Å². The first-order valence-electron chi connectivity index (χ1n) is 5.82. The summed E-state index contributed by atoms with van der Waals surface area (Å²) < 4.78 is 38.7. The van der Waals surface area contributed by atoms with Gasteiger partial charge in [0.15, 0.2) is 0 Å². The highest BCUT2D eigenvalue weighted by atomic mass is 35.5. The first kappa shape index (κ1) is 16.9. The van der Waals surface area contributed by atoms with E-state index in [2.05, 4.69) is 5.32 Å². The van der Waals surface area contributed by atoms with Crippen LogP contribution < -0.4 is 5.32 Å². The van der Waals surface area contributed by atoms with Crippen LogP contribution >= 0.6 is 34.8 Å². The molecule has 0 saturated heterocycles. The summed E-state index contributed by atoms with van der Waals surface area (Å²) in [7, 11) is 0. The Morgan fingerprint density at radius 1 is 1.00 bits per heavy atom. The van der Waals surface area contributed by atoms with Crippen molar-refractivity contribution in [3.8, 4) is 0 Å². The topological polar surface area (TPSA) is 29.1 Å². The van der Waals surface area contributed by atoms with Crippen molar-refractivity contribution < 1.29 is 18.0 Å². The fraction of sp³-hybridized carbons (Fsp3) is 0.0714. The lowest BCUT2D eigenvalue weighted by molar-refractivity contribution is -0.137. The van der Waals surface area contributed by atoms with Gasteiger partial charge in [-0.1, -0.05) is 46.9 Å². The molecule has 0 spiro atoms. The fourth-order valence-electron chi connectivity index (χ4n) is 1.77. The molecule has 0 saturated carbocycles. The molecule has 0 radical (unpaired) electrons. The largest absolute Gasteiger partial charge is 0.417 e. The summed E-state index contributed by atoms with van der Waals surface area (Å²) in [5.41, 5.74) is -1.58.